The van der Waals surface area contributed by atoms with Crippen molar-refractivity contribution >= 4 is 22.9 Å². The van der Waals surface area contributed by atoms with Gasteiger partial charge in [-0.1, -0.05) is 20.3 Å². The van der Waals surface area contributed by atoms with Crippen LogP contribution in [0.5, 0.6) is 0 Å². The van der Waals surface area contributed by atoms with Gasteiger partial charge in [0.05, 0.1) is 18.1 Å². The Hall–Kier alpha value is -0.120. The normalized spacial score (nSPS) is 11.2. The summed E-state index contributed by atoms with van der Waals surface area (Å²) in [4.78, 5) is 6.90. The van der Waals surface area contributed by atoms with Crippen molar-refractivity contribution in [3.63, 3.8) is 0 Å². The first-order chi connectivity index (χ1) is 7.30. The minimum Gasteiger partial charge on any atom is -0.297 e. The zero-order chi connectivity index (χ0) is 11.1. The highest BCUT2D eigenvalue weighted by Gasteiger charge is 2.06. The third-order valence-electron chi connectivity index (χ3n) is 2.37. The molecule has 0 spiro atoms. The van der Waals surface area contributed by atoms with Crippen LogP contribution in [0.2, 0.25) is 0 Å². The maximum Gasteiger partial charge on any atom is 0.107 e. The molecule has 86 valence electrons. The summed E-state index contributed by atoms with van der Waals surface area (Å²) in [5.74, 6) is 0.525. The number of nitrogens with zero attached hydrogens (tertiary/aromatic N) is 2. The summed E-state index contributed by atoms with van der Waals surface area (Å²) in [6, 6.07) is 0. The smallest absolute Gasteiger partial charge is 0.107 e. The van der Waals surface area contributed by atoms with Crippen LogP contribution in [0.25, 0.3) is 0 Å². The first-order valence-corrected chi connectivity index (χ1v) is 6.93. The van der Waals surface area contributed by atoms with E-state index in [0.29, 0.717) is 5.88 Å². The molecule has 1 heterocycles. The molecule has 0 N–H and O–H groups in total. The highest BCUT2D eigenvalue weighted by molar-refractivity contribution is 7.09. The first kappa shape index (κ1) is 12.9. The molecule has 0 saturated heterocycles. The summed E-state index contributed by atoms with van der Waals surface area (Å²) < 4.78 is 0. The van der Waals surface area contributed by atoms with Crippen LogP contribution in [0, 0.1) is 0 Å². The quantitative estimate of drug-likeness (QED) is 0.685. The Labute approximate surface area is 101 Å². The average Bonchev–Trinajstić information content (AvgIpc) is 2.71. The molecule has 0 aliphatic carbocycles. The maximum absolute atomic E-state index is 5.72. The molecule has 0 fully saturated rings. The molecule has 0 unspecified atom stereocenters. The van der Waals surface area contributed by atoms with Gasteiger partial charge < -0.3 is 0 Å². The molecule has 0 atom stereocenters. The molecule has 1 aromatic heterocycles. The number of aromatic nitrogens is 1. The number of thiazole rings is 1. The van der Waals surface area contributed by atoms with E-state index in [1.54, 1.807) is 11.3 Å². The summed E-state index contributed by atoms with van der Waals surface area (Å²) in [5, 5.41) is 3.24. The molecular formula is C11H19ClN2S. The van der Waals surface area contributed by atoms with Gasteiger partial charge in [0.1, 0.15) is 5.01 Å². The van der Waals surface area contributed by atoms with Crippen molar-refractivity contribution in [2.45, 2.75) is 39.1 Å². The van der Waals surface area contributed by atoms with Gasteiger partial charge in [-0.25, -0.2) is 4.98 Å². The molecule has 1 rings (SSSR count). The second kappa shape index (κ2) is 7.20. The van der Waals surface area contributed by atoms with Crippen molar-refractivity contribution in [2.75, 3.05) is 13.1 Å². The van der Waals surface area contributed by atoms with E-state index in [4.69, 9.17) is 11.6 Å². The lowest BCUT2D eigenvalue weighted by Crippen LogP contribution is -2.23. The zero-order valence-corrected chi connectivity index (χ0v) is 11.1. The Morgan fingerprint density at radius 3 is 2.80 bits per heavy atom. The van der Waals surface area contributed by atoms with Crippen molar-refractivity contribution in [3.8, 4) is 0 Å². The van der Waals surface area contributed by atoms with Crippen LogP contribution in [-0.4, -0.2) is 23.0 Å². The Kier molecular flexibility index (Phi) is 6.22. The first-order valence-electron chi connectivity index (χ1n) is 5.51. The van der Waals surface area contributed by atoms with Crippen LogP contribution < -0.4 is 0 Å². The summed E-state index contributed by atoms with van der Waals surface area (Å²) >= 11 is 7.44. The fourth-order valence-corrected chi connectivity index (χ4v) is 2.47. The van der Waals surface area contributed by atoms with Gasteiger partial charge >= 0.3 is 0 Å². The molecule has 0 aliphatic rings. The molecule has 0 aliphatic heterocycles. The van der Waals surface area contributed by atoms with Crippen LogP contribution in [-0.2, 0) is 12.4 Å². The van der Waals surface area contributed by atoms with Gasteiger partial charge in [-0.3, -0.25) is 4.90 Å². The summed E-state index contributed by atoms with van der Waals surface area (Å²) in [7, 11) is 0. The Morgan fingerprint density at radius 1 is 1.47 bits per heavy atom. The number of rotatable bonds is 7. The lowest BCUT2D eigenvalue weighted by atomic mass is 10.3. The van der Waals surface area contributed by atoms with Crippen LogP contribution in [0.1, 0.15) is 37.4 Å². The van der Waals surface area contributed by atoms with Gasteiger partial charge in [-0.05, 0) is 19.5 Å². The maximum atomic E-state index is 5.72. The topological polar surface area (TPSA) is 16.1 Å². The fourth-order valence-electron chi connectivity index (χ4n) is 1.40. The predicted octanol–water partition coefficient (Wildman–Crippen LogP) is 3.50. The summed E-state index contributed by atoms with van der Waals surface area (Å²) in [6.45, 7) is 7.66. The zero-order valence-electron chi connectivity index (χ0n) is 9.50. The van der Waals surface area contributed by atoms with Crippen LogP contribution in [0.4, 0.5) is 0 Å². The van der Waals surface area contributed by atoms with E-state index in [0.717, 1.165) is 18.8 Å². The van der Waals surface area contributed by atoms with Gasteiger partial charge in [0, 0.05) is 5.38 Å². The van der Waals surface area contributed by atoms with Crippen molar-refractivity contribution in [3.05, 3.63) is 16.1 Å². The SMILES string of the molecule is CCCCN(CC)Cc1nc(CCl)cs1. The van der Waals surface area contributed by atoms with Gasteiger partial charge in [-0.15, -0.1) is 22.9 Å². The molecule has 1 aromatic rings. The number of unbranched alkanes of at least 4 members (excludes halogenated alkanes) is 1. The fraction of sp³-hybridized carbons (Fsp3) is 0.727. The molecular weight excluding hydrogens is 228 g/mol. The second-order valence-corrected chi connectivity index (χ2v) is 4.80. The predicted molar refractivity (Wildman–Crippen MR) is 67.5 cm³/mol. The van der Waals surface area contributed by atoms with E-state index >= 15 is 0 Å². The summed E-state index contributed by atoms with van der Waals surface area (Å²) in [6.07, 6.45) is 2.52. The standard InChI is InChI=1S/C11H19ClN2S/c1-3-5-6-14(4-2)8-11-13-10(7-12)9-15-11/h9H,3-8H2,1-2H3. The van der Waals surface area contributed by atoms with Gasteiger partial charge in [0.25, 0.3) is 0 Å². The van der Waals surface area contributed by atoms with E-state index < -0.39 is 0 Å². The molecule has 0 radical (unpaired) electrons. The molecule has 0 bridgehead atoms. The van der Waals surface area contributed by atoms with Crippen molar-refractivity contribution < 1.29 is 0 Å². The monoisotopic (exact) mass is 246 g/mol. The largest absolute Gasteiger partial charge is 0.297 e. The Morgan fingerprint density at radius 2 is 2.27 bits per heavy atom. The van der Waals surface area contributed by atoms with E-state index in [-0.39, 0.29) is 0 Å². The van der Waals surface area contributed by atoms with Crippen molar-refractivity contribution in [1.29, 1.82) is 0 Å². The number of hydrogen-bond acceptors (Lipinski definition) is 3. The lowest BCUT2D eigenvalue weighted by molar-refractivity contribution is 0.275. The highest BCUT2D eigenvalue weighted by Crippen LogP contribution is 2.14. The van der Waals surface area contributed by atoms with E-state index in [1.807, 2.05) is 0 Å². The van der Waals surface area contributed by atoms with Crippen molar-refractivity contribution in [2.24, 2.45) is 0 Å². The second-order valence-electron chi connectivity index (χ2n) is 3.59. The van der Waals surface area contributed by atoms with Crippen LogP contribution in [0.3, 0.4) is 0 Å². The Balaban J connectivity index is 2.43. The van der Waals surface area contributed by atoms with E-state index in [1.165, 1.54) is 24.4 Å². The summed E-state index contributed by atoms with van der Waals surface area (Å²) in [5.41, 5.74) is 1.00. The van der Waals surface area contributed by atoms with Crippen molar-refractivity contribution in [1.82, 2.24) is 9.88 Å². The van der Waals surface area contributed by atoms with E-state index in [9.17, 15) is 0 Å². The molecule has 0 amide bonds. The molecule has 0 saturated carbocycles. The molecule has 2 nitrogen and oxygen atoms in total. The Bertz CT molecular complexity index is 275. The van der Waals surface area contributed by atoms with Crippen LogP contribution in [0.15, 0.2) is 5.38 Å². The minimum absolute atomic E-state index is 0.525. The van der Waals surface area contributed by atoms with E-state index in [2.05, 4.69) is 29.1 Å². The third kappa shape index (κ3) is 4.49. The average molecular weight is 247 g/mol. The molecule has 0 aromatic carbocycles. The van der Waals surface area contributed by atoms with Crippen LogP contribution >= 0.6 is 22.9 Å². The lowest BCUT2D eigenvalue weighted by Gasteiger charge is -2.18. The van der Waals surface area contributed by atoms with Gasteiger partial charge in [-0.2, -0.15) is 0 Å². The van der Waals surface area contributed by atoms with Gasteiger partial charge in [0.15, 0.2) is 0 Å². The number of halogens is 1. The number of alkyl halides is 1. The highest BCUT2D eigenvalue weighted by atomic mass is 35.5. The molecule has 15 heavy (non-hydrogen) atoms. The molecule has 4 heteroatoms. The number of hydrogen-bond donors (Lipinski definition) is 0. The minimum atomic E-state index is 0.525. The third-order valence-corrected chi connectivity index (χ3v) is 3.53. The van der Waals surface area contributed by atoms with Gasteiger partial charge in [0.2, 0.25) is 0 Å².